The zero-order chi connectivity index (χ0) is 14.8. The highest BCUT2D eigenvalue weighted by Crippen LogP contribution is 2.21. The summed E-state index contributed by atoms with van der Waals surface area (Å²) in [6, 6.07) is 7.82. The van der Waals surface area contributed by atoms with Gasteiger partial charge in [0.1, 0.15) is 5.54 Å². The third-order valence-corrected chi connectivity index (χ3v) is 4.50. The van der Waals surface area contributed by atoms with Crippen LogP contribution in [0, 0.1) is 0 Å². The van der Waals surface area contributed by atoms with Gasteiger partial charge in [0.05, 0.1) is 0 Å². The van der Waals surface area contributed by atoms with E-state index in [1.165, 1.54) is 0 Å². The number of hydrogen-bond donors (Lipinski definition) is 2. The van der Waals surface area contributed by atoms with Gasteiger partial charge in [-0.1, -0.05) is 28.1 Å². The van der Waals surface area contributed by atoms with Crippen molar-refractivity contribution in [3.8, 4) is 0 Å². The lowest BCUT2D eigenvalue weighted by Gasteiger charge is -2.32. The molecule has 1 saturated heterocycles. The molecule has 1 aromatic carbocycles. The van der Waals surface area contributed by atoms with Crippen LogP contribution in [0.5, 0.6) is 0 Å². The Kier molecular flexibility index (Phi) is 4.83. The summed E-state index contributed by atoms with van der Waals surface area (Å²) in [5, 5.41) is 3.09. The largest absolute Gasteiger partial charge is 0.351 e. The van der Waals surface area contributed by atoms with E-state index in [1.807, 2.05) is 24.3 Å². The maximum atomic E-state index is 12.4. The smallest absolute Gasteiger partial charge is 0.244 e. The van der Waals surface area contributed by atoms with Gasteiger partial charge < -0.3 is 16.0 Å². The van der Waals surface area contributed by atoms with Crippen LogP contribution in [0.15, 0.2) is 28.7 Å². The van der Waals surface area contributed by atoms with E-state index in [1.54, 1.807) is 6.92 Å². The Balaban J connectivity index is 2.01. The molecule has 3 N–H and O–H groups in total. The van der Waals surface area contributed by atoms with Crippen LogP contribution in [0.3, 0.4) is 0 Å². The third kappa shape index (κ3) is 3.59. The summed E-state index contributed by atoms with van der Waals surface area (Å²) in [4.78, 5) is 14.7. The minimum absolute atomic E-state index is 0.102. The van der Waals surface area contributed by atoms with Crippen LogP contribution in [-0.2, 0) is 10.3 Å². The number of piperidine rings is 1. The molecule has 1 atom stereocenters. The molecule has 0 saturated carbocycles. The van der Waals surface area contributed by atoms with Crippen molar-refractivity contribution in [3.63, 3.8) is 0 Å². The Bertz CT molecular complexity index is 465. The molecule has 1 aliphatic heterocycles. The predicted octanol–water partition coefficient (Wildman–Crippen LogP) is 1.83. The fourth-order valence-electron chi connectivity index (χ4n) is 2.42. The maximum absolute atomic E-state index is 12.4. The normalized spacial score (nSPS) is 20.4. The molecule has 1 fully saturated rings. The molecule has 0 aliphatic carbocycles. The van der Waals surface area contributed by atoms with E-state index in [4.69, 9.17) is 5.73 Å². The first-order chi connectivity index (χ1) is 9.39. The summed E-state index contributed by atoms with van der Waals surface area (Å²) in [6.45, 7) is 3.80. The lowest BCUT2D eigenvalue weighted by molar-refractivity contribution is -0.127. The Labute approximate surface area is 128 Å². The monoisotopic (exact) mass is 339 g/mol. The number of amides is 1. The lowest BCUT2D eigenvalue weighted by atomic mass is 9.91. The molecule has 1 unspecified atom stereocenters. The second-order valence-electron chi connectivity index (χ2n) is 5.76. The van der Waals surface area contributed by atoms with E-state index in [-0.39, 0.29) is 11.9 Å². The third-order valence-electron chi connectivity index (χ3n) is 3.97. The van der Waals surface area contributed by atoms with Crippen molar-refractivity contribution < 1.29 is 4.79 Å². The number of nitrogens with two attached hydrogens (primary N) is 1. The molecule has 0 spiro atoms. The number of carbonyl (C=O) groups is 1. The fourth-order valence-corrected chi connectivity index (χ4v) is 2.68. The standard InChI is InChI=1S/C15H22BrN3O/c1-15(17,11-3-5-12(16)6-4-11)14(20)18-13-7-9-19(2)10-8-13/h3-6,13H,7-10,17H2,1-2H3,(H,18,20). The molecule has 1 heterocycles. The van der Waals surface area contributed by atoms with Crippen LogP contribution in [0.1, 0.15) is 25.3 Å². The van der Waals surface area contributed by atoms with Gasteiger partial charge in [-0.15, -0.1) is 0 Å². The van der Waals surface area contributed by atoms with Gasteiger partial charge in [0.25, 0.3) is 0 Å². The molecule has 110 valence electrons. The molecule has 0 bridgehead atoms. The summed E-state index contributed by atoms with van der Waals surface area (Å²) in [5.74, 6) is -0.102. The van der Waals surface area contributed by atoms with Gasteiger partial charge in [-0.3, -0.25) is 4.79 Å². The number of rotatable bonds is 3. The van der Waals surface area contributed by atoms with Crippen molar-refractivity contribution in [2.75, 3.05) is 20.1 Å². The Morgan fingerprint density at radius 2 is 1.90 bits per heavy atom. The van der Waals surface area contributed by atoms with Crippen molar-refractivity contribution in [2.45, 2.75) is 31.3 Å². The molecule has 1 amide bonds. The molecular weight excluding hydrogens is 318 g/mol. The number of benzene rings is 1. The zero-order valence-electron chi connectivity index (χ0n) is 12.0. The average molecular weight is 340 g/mol. The van der Waals surface area contributed by atoms with E-state index in [0.29, 0.717) is 0 Å². The highest BCUT2D eigenvalue weighted by molar-refractivity contribution is 9.10. The molecule has 4 nitrogen and oxygen atoms in total. The van der Waals surface area contributed by atoms with E-state index >= 15 is 0 Å². The molecular formula is C15H22BrN3O. The van der Waals surface area contributed by atoms with Gasteiger partial charge >= 0.3 is 0 Å². The Morgan fingerprint density at radius 3 is 2.45 bits per heavy atom. The first-order valence-electron chi connectivity index (χ1n) is 6.94. The molecule has 20 heavy (non-hydrogen) atoms. The summed E-state index contributed by atoms with van der Waals surface area (Å²) in [6.07, 6.45) is 1.97. The molecule has 5 heteroatoms. The van der Waals surface area contributed by atoms with Crippen molar-refractivity contribution in [1.82, 2.24) is 10.2 Å². The van der Waals surface area contributed by atoms with Gasteiger partial charge in [0.15, 0.2) is 0 Å². The number of nitrogens with one attached hydrogen (secondary N) is 1. The lowest BCUT2D eigenvalue weighted by Crippen LogP contribution is -2.53. The van der Waals surface area contributed by atoms with E-state index in [9.17, 15) is 4.79 Å². The first kappa shape index (κ1) is 15.5. The second kappa shape index (κ2) is 6.24. The number of likely N-dealkylation sites (tertiary alicyclic amines) is 1. The molecule has 0 radical (unpaired) electrons. The Morgan fingerprint density at radius 1 is 1.35 bits per heavy atom. The number of hydrogen-bond acceptors (Lipinski definition) is 3. The molecule has 2 rings (SSSR count). The van der Waals surface area contributed by atoms with Crippen molar-refractivity contribution in [3.05, 3.63) is 34.3 Å². The van der Waals surface area contributed by atoms with Gasteiger partial charge in [0, 0.05) is 10.5 Å². The minimum atomic E-state index is -0.996. The highest BCUT2D eigenvalue weighted by atomic mass is 79.9. The SMILES string of the molecule is CN1CCC(NC(=O)C(C)(N)c2ccc(Br)cc2)CC1. The van der Waals surface area contributed by atoms with E-state index in [2.05, 4.69) is 33.2 Å². The predicted molar refractivity (Wildman–Crippen MR) is 84.3 cm³/mol. The van der Waals surface area contributed by atoms with Gasteiger partial charge in [0.2, 0.25) is 5.91 Å². The van der Waals surface area contributed by atoms with Gasteiger partial charge in [-0.05, 0) is 57.6 Å². The van der Waals surface area contributed by atoms with Crippen molar-refractivity contribution >= 4 is 21.8 Å². The van der Waals surface area contributed by atoms with Gasteiger partial charge in [-0.2, -0.15) is 0 Å². The van der Waals surface area contributed by atoms with Crippen molar-refractivity contribution in [2.24, 2.45) is 5.73 Å². The molecule has 1 aliphatic rings. The summed E-state index contributed by atoms with van der Waals surface area (Å²) in [5.41, 5.74) is 6.07. The summed E-state index contributed by atoms with van der Waals surface area (Å²) in [7, 11) is 2.10. The van der Waals surface area contributed by atoms with Crippen LogP contribution in [0.25, 0.3) is 0 Å². The number of nitrogens with zero attached hydrogens (tertiary/aromatic N) is 1. The topological polar surface area (TPSA) is 58.4 Å². The summed E-state index contributed by atoms with van der Waals surface area (Å²) < 4.78 is 0.979. The highest BCUT2D eigenvalue weighted by Gasteiger charge is 2.32. The summed E-state index contributed by atoms with van der Waals surface area (Å²) >= 11 is 3.39. The quantitative estimate of drug-likeness (QED) is 0.883. The van der Waals surface area contributed by atoms with Gasteiger partial charge in [-0.25, -0.2) is 0 Å². The Hall–Kier alpha value is -0.910. The van der Waals surface area contributed by atoms with Crippen LogP contribution >= 0.6 is 15.9 Å². The van der Waals surface area contributed by atoms with E-state index < -0.39 is 5.54 Å². The second-order valence-corrected chi connectivity index (χ2v) is 6.68. The number of halogens is 1. The average Bonchev–Trinajstić information content (AvgIpc) is 2.42. The van der Waals surface area contributed by atoms with Crippen LogP contribution in [-0.4, -0.2) is 37.0 Å². The van der Waals surface area contributed by atoms with Crippen molar-refractivity contribution in [1.29, 1.82) is 0 Å². The number of carbonyl (C=O) groups excluding carboxylic acids is 1. The van der Waals surface area contributed by atoms with Crippen LogP contribution in [0.4, 0.5) is 0 Å². The van der Waals surface area contributed by atoms with Crippen LogP contribution < -0.4 is 11.1 Å². The maximum Gasteiger partial charge on any atom is 0.244 e. The minimum Gasteiger partial charge on any atom is -0.351 e. The van der Waals surface area contributed by atoms with E-state index in [0.717, 1.165) is 36.0 Å². The fraction of sp³-hybridized carbons (Fsp3) is 0.533. The van der Waals surface area contributed by atoms with Crippen LogP contribution in [0.2, 0.25) is 0 Å². The molecule has 0 aromatic heterocycles. The zero-order valence-corrected chi connectivity index (χ0v) is 13.6. The first-order valence-corrected chi connectivity index (χ1v) is 7.73. The molecule has 1 aromatic rings.